The van der Waals surface area contributed by atoms with E-state index in [0.29, 0.717) is 23.5 Å². The molecule has 0 radical (unpaired) electrons. The van der Waals surface area contributed by atoms with E-state index in [4.69, 9.17) is 4.74 Å². The normalized spacial score (nSPS) is 13.1. The SMILES string of the molecule is CCNc1cccc(OC)c1C(CC)S(=O)(=O)O. The molecule has 0 bridgehead atoms. The highest BCUT2D eigenvalue weighted by Gasteiger charge is 2.28. The van der Waals surface area contributed by atoms with E-state index in [-0.39, 0.29) is 6.42 Å². The van der Waals surface area contributed by atoms with E-state index in [1.807, 2.05) is 6.92 Å². The maximum absolute atomic E-state index is 11.5. The van der Waals surface area contributed by atoms with Gasteiger partial charge in [0.15, 0.2) is 0 Å². The van der Waals surface area contributed by atoms with Crippen molar-refractivity contribution in [2.75, 3.05) is 19.0 Å². The number of ether oxygens (including phenoxy) is 1. The highest BCUT2D eigenvalue weighted by Crippen LogP contribution is 2.38. The van der Waals surface area contributed by atoms with Crippen molar-refractivity contribution >= 4 is 15.8 Å². The summed E-state index contributed by atoms with van der Waals surface area (Å²) >= 11 is 0. The lowest BCUT2D eigenvalue weighted by atomic mass is 10.1. The predicted octanol–water partition coefficient (Wildman–Crippen LogP) is 2.47. The molecule has 5 nitrogen and oxygen atoms in total. The van der Waals surface area contributed by atoms with Gasteiger partial charge < -0.3 is 10.1 Å². The molecule has 102 valence electrons. The number of rotatable bonds is 6. The molecule has 0 amide bonds. The van der Waals surface area contributed by atoms with Crippen LogP contribution < -0.4 is 10.1 Å². The molecule has 1 aromatic rings. The van der Waals surface area contributed by atoms with Crippen molar-refractivity contribution in [1.82, 2.24) is 0 Å². The van der Waals surface area contributed by atoms with Crippen LogP contribution in [-0.2, 0) is 10.1 Å². The minimum atomic E-state index is -4.16. The first-order chi connectivity index (χ1) is 8.45. The Hall–Kier alpha value is -1.27. The number of anilines is 1. The second-order valence-corrected chi connectivity index (χ2v) is 5.46. The van der Waals surface area contributed by atoms with Gasteiger partial charge in [-0.2, -0.15) is 8.42 Å². The van der Waals surface area contributed by atoms with Crippen LogP contribution in [0.1, 0.15) is 31.1 Å². The fourth-order valence-corrected chi connectivity index (χ4v) is 2.92. The average molecular weight is 273 g/mol. The van der Waals surface area contributed by atoms with E-state index in [2.05, 4.69) is 5.32 Å². The number of nitrogens with one attached hydrogen (secondary N) is 1. The molecule has 18 heavy (non-hydrogen) atoms. The average Bonchev–Trinajstić information content (AvgIpc) is 2.30. The van der Waals surface area contributed by atoms with E-state index >= 15 is 0 Å². The van der Waals surface area contributed by atoms with E-state index in [0.717, 1.165) is 0 Å². The van der Waals surface area contributed by atoms with Crippen LogP contribution in [0.2, 0.25) is 0 Å². The van der Waals surface area contributed by atoms with Gasteiger partial charge in [0, 0.05) is 17.8 Å². The lowest BCUT2D eigenvalue weighted by molar-refractivity contribution is 0.405. The van der Waals surface area contributed by atoms with Crippen molar-refractivity contribution in [3.63, 3.8) is 0 Å². The van der Waals surface area contributed by atoms with Crippen molar-refractivity contribution < 1.29 is 17.7 Å². The first kappa shape index (κ1) is 14.8. The molecule has 0 fully saturated rings. The summed E-state index contributed by atoms with van der Waals surface area (Å²) in [6.45, 7) is 4.28. The van der Waals surface area contributed by atoms with Gasteiger partial charge in [0.2, 0.25) is 0 Å². The van der Waals surface area contributed by atoms with Gasteiger partial charge in [-0.1, -0.05) is 13.0 Å². The van der Waals surface area contributed by atoms with Gasteiger partial charge in [0.05, 0.1) is 7.11 Å². The van der Waals surface area contributed by atoms with E-state index in [1.165, 1.54) is 7.11 Å². The summed E-state index contributed by atoms with van der Waals surface area (Å²) in [5, 5.41) is 2.10. The van der Waals surface area contributed by atoms with Gasteiger partial charge in [-0.15, -0.1) is 0 Å². The Morgan fingerprint density at radius 2 is 2.06 bits per heavy atom. The van der Waals surface area contributed by atoms with Crippen LogP contribution in [-0.4, -0.2) is 26.6 Å². The molecule has 2 N–H and O–H groups in total. The lowest BCUT2D eigenvalue weighted by Crippen LogP contribution is -2.15. The maximum atomic E-state index is 11.5. The van der Waals surface area contributed by atoms with Crippen molar-refractivity contribution in [2.24, 2.45) is 0 Å². The van der Waals surface area contributed by atoms with E-state index in [1.54, 1.807) is 25.1 Å². The zero-order valence-electron chi connectivity index (χ0n) is 10.8. The Balaban J connectivity index is 3.42. The molecule has 0 heterocycles. The Morgan fingerprint density at radius 1 is 1.39 bits per heavy atom. The third-order valence-corrected chi connectivity index (χ3v) is 3.99. The molecule has 6 heteroatoms. The topological polar surface area (TPSA) is 75.6 Å². The van der Waals surface area contributed by atoms with Crippen LogP contribution >= 0.6 is 0 Å². The summed E-state index contributed by atoms with van der Waals surface area (Å²) in [6.07, 6.45) is 0.275. The van der Waals surface area contributed by atoms with Gasteiger partial charge in [-0.05, 0) is 25.5 Å². The molecule has 0 aliphatic rings. The fraction of sp³-hybridized carbons (Fsp3) is 0.500. The lowest BCUT2D eigenvalue weighted by Gasteiger charge is -2.20. The molecular formula is C12H19NO4S. The standard InChI is InChI=1S/C12H19NO4S/c1-4-11(18(14,15)16)12-9(13-5-2)7-6-8-10(12)17-3/h6-8,11,13H,4-5H2,1-3H3,(H,14,15,16). The summed E-state index contributed by atoms with van der Waals surface area (Å²) in [4.78, 5) is 0. The Kier molecular flexibility index (Phi) is 4.98. The summed E-state index contributed by atoms with van der Waals surface area (Å²) in [5.74, 6) is 0.456. The highest BCUT2D eigenvalue weighted by atomic mass is 32.2. The number of benzene rings is 1. The molecule has 1 aromatic carbocycles. The molecule has 0 saturated carbocycles. The van der Waals surface area contributed by atoms with Crippen LogP contribution in [0.25, 0.3) is 0 Å². The van der Waals surface area contributed by atoms with E-state index < -0.39 is 15.4 Å². The third kappa shape index (κ3) is 3.14. The molecular weight excluding hydrogens is 254 g/mol. The zero-order chi connectivity index (χ0) is 13.8. The number of methoxy groups -OCH3 is 1. The van der Waals surface area contributed by atoms with Gasteiger partial charge in [0.25, 0.3) is 10.1 Å². The molecule has 1 rings (SSSR count). The third-order valence-electron chi connectivity index (χ3n) is 2.71. The Labute approximate surface area is 108 Å². The van der Waals surface area contributed by atoms with Crippen LogP contribution in [0.15, 0.2) is 18.2 Å². The van der Waals surface area contributed by atoms with Crippen LogP contribution in [0, 0.1) is 0 Å². The minimum absolute atomic E-state index is 0.275. The van der Waals surface area contributed by atoms with Crippen LogP contribution in [0.3, 0.4) is 0 Å². The molecule has 0 spiro atoms. The minimum Gasteiger partial charge on any atom is -0.496 e. The Bertz CT molecular complexity index is 499. The highest BCUT2D eigenvalue weighted by molar-refractivity contribution is 7.86. The molecule has 0 aliphatic heterocycles. The Morgan fingerprint density at radius 3 is 2.50 bits per heavy atom. The fourth-order valence-electron chi connectivity index (χ4n) is 1.96. The van der Waals surface area contributed by atoms with Crippen LogP contribution in [0.4, 0.5) is 5.69 Å². The van der Waals surface area contributed by atoms with Crippen LogP contribution in [0.5, 0.6) is 5.75 Å². The van der Waals surface area contributed by atoms with Crippen molar-refractivity contribution in [1.29, 1.82) is 0 Å². The largest absolute Gasteiger partial charge is 0.496 e. The first-order valence-electron chi connectivity index (χ1n) is 5.82. The zero-order valence-corrected chi connectivity index (χ0v) is 11.6. The molecule has 0 saturated heterocycles. The van der Waals surface area contributed by atoms with Gasteiger partial charge in [0.1, 0.15) is 11.0 Å². The number of hydrogen-bond acceptors (Lipinski definition) is 4. The maximum Gasteiger partial charge on any atom is 0.272 e. The molecule has 1 unspecified atom stereocenters. The predicted molar refractivity (Wildman–Crippen MR) is 71.7 cm³/mol. The van der Waals surface area contributed by atoms with Crippen molar-refractivity contribution in [2.45, 2.75) is 25.5 Å². The van der Waals surface area contributed by atoms with Gasteiger partial charge >= 0.3 is 0 Å². The molecule has 0 aliphatic carbocycles. The smallest absolute Gasteiger partial charge is 0.272 e. The van der Waals surface area contributed by atoms with E-state index in [9.17, 15) is 13.0 Å². The summed E-state index contributed by atoms with van der Waals surface area (Å²) in [5.41, 5.74) is 1.15. The summed E-state index contributed by atoms with van der Waals surface area (Å²) in [7, 11) is -2.68. The molecule has 1 atom stereocenters. The second-order valence-electron chi connectivity index (χ2n) is 3.86. The second kappa shape index (κ2) is 6.06. The quantitative estimate of drug-likeness (QED) is 0.779. The summed E-state index contributed by atoms with van der Waals surface area (Å²) in [6, 6.07) is 5.23. The van der Waals surface area contributed by atoms with Gasteiger partial charge in [-0.25, -0.2) is 0 Å². The monoisotopic (exact) mass is 273 g/mol. The summed E-state index contributed by atoms with van der Waals surface area (Å²) < 4.78 is 37.4. The number of hydrogen-bond donors (Lipinski definition) is 2. The molecule has 0 aromatic heterocycles. The van der Waals surface area contributed by atoms with Crippen molar-refractivity contribution in [3.05, 3.63) is 23.8 Å². The first-order valence-corrected chi connectivity index (χ1v) is 7.33. The van der Waals surface area contributed by atoms with Gasteiger partial charge in [-0.3, -0.25) is 4.55 Å². The van der Waals surface area contributed by atoms with Crippen molar-refractivity contribution in [3.8, 4) is 5.75 Å².